The van der Waals surface area contributed by atoms with E-state index in [4.69, 9.17) is 0 Å². The summed E-state index contributed by atoms with van der Waals surface area (Å²) in [6.07, 6.45) is 7.54. The largest absolute Gasteiger partial charge is 0.464 e. The zero-order chi connectivity index (χ0) is 18.1. The van der Waals surface area contributed by atoms with Crippen molar-refractivity contribution in [1.29, 1.82) is 0 Å². The first-order valence-corrected chi connectivity index (χ1v) is 9.81. The van der Waals surface area contributed by atoms with Gasteiger partial charge >= 0.3 is 5.97 Å². The van der Waals surface area contributed by atoms with E-state index < -0.39 is 5.97 Å². The Labute approximate surface area is 155 Å². The molecular weight excluding hydrogens is 352 g/mol. The molecule has 2 aromatic heterocycles. The van der Waals surface area contributed by atoms with Crippen molar-refractivity contribution in [2.75, 3.05) is 12.4 Å². The van der Waals surface area contributed by atoms with Gasteiger partial charge in [0.15, 0.2) is 5.13 Å². The maximum atomic E-state index is 12.6. The number of thiazole rings is 1. The third-order valence-corrected chi connectivity index (χ3v) is 6.06. The number of hydrogen-bond donors (Lipinski definition) is 3. The Hall–Kier alpha value is -2.19. The first-order chi connectivity index (χ1) is 12.6. The number of aromatic amines is 1. The molecule has 3 heterocycles. The van der Waals surface area contributed by atoms with Crippen LogP contribution in [0, 0.1) is 5.92 Å². The van der Waals surface area contributed by atoms with Crippen molar-refractivity contribution >= 4 is 28.3 Å². The van der Waals surface area contributed by atoms with E-state index in [2.05, 4.69) is 25.3 Å². The highest BCUT2D eigenvalue weighted by molar-refractivity contribution is 7.14. The highest BCUT2D eigenvalue weighted by Crippen LogP contribution is 2.34. The van der Waals surface area contributed by atoms with Gasteiger partial charge in [-0.05, 0) is 31.2 Å². The lowest BCUT2D eigenvalue weighted by atomic mass is 9.85. The fourth-order valence-electron chi connectivity index (χ4n) is 3.95. The second-order valence-electron chi connectivity index (χ2n) is 6.93. The average Bonchev–Trinajstić information content (AvgIpc) is 3.38. The minimum Gasteiger partial charge on any atom is -0.464 e. The molecule has 1 saturated heterocycles. The van der Waals surface area contributed by atoms with E-state index in [0.717, 1.165) is 12.0 Å². The number of fused-ring (bicyclic) bond motifs is 1. The first-order valence-electron chi connectivity index (χ1n) is 8.93. The van der Waals surface area contributed by atoms with Crippen molar-refractivity contribution in [2.24, 2.45) is 5.92 Å². The van der Waals surface area contributed by atoms with Gasteiger partial charge in [-0.15, -0.1) is 11.3 Å². The predicted molar refractivity (Wildman–Crippen MR) is 99.2 cm³/mol. The summed E-state index contributed by atoms with van der Waals surface area (Å²) < 4.78 is 4.69. The second-order valence-corrected chi connectivity index (χ2v) is 7.78. The molecule has 1 aliphatic carbocycles. The normalized spacial score (nSPS) is 24.9. The number of aromatic nitrogens is 2. The van der Waals surface area contributed by atoms with Crippen molar-refractivity contribution in [3.05, 3.63) is 23.3 Å². The van der Waals surface area contributed by atoms with Gasteiger partial charge in [-0.1, -0.05) is 12.8 Å². The number of carbonyl (C=O) groups excluding carboxylic acids is 2. The maximum Gasteiger partial charge on any atom is 0.354 e. The lowest BCUT2D eigenvalue weighted by molar-refractivity contribution is -0.117. The Kier molecular flexibility index (Phi) is 4.78. The van der Waals surface area contributed by atoms with E-state index in [1.165, 1.54) is 44.1 Å². The lowest BCUT2D eigenvalue weighted by Crippen LogP contribution is -2.39. The highest BCUT2D eigenvalue weighted by atomic mass is 32.1. The number of nitrogens with zero attached hydrogens (tertiary/aromatic N) is 1. The summed E-state index contributed by atoms with van der Waals surface area (Å²) in [5.74, 6) is 0.196. The summed E-state index contributed by atoms with van der Waals surface area (Å²) in [5, 5.41) is 8.85. The van der Waals surface area contributed by atoms with Crippen molar-refractivity contribution in [1.82, 2.24) is 15.3 Å². The molecule has 8 heteroatoms. The van der Waals surface area contributed by atoms with Gasteiger partial charge in [0.25, 0.3) is 0 Å². The number of nitrogens with one attached hydrogen (secondary N) is 3. The van der Waals surface area contributed by atoms with E-state index in [9.17, 15) is 9.59 Å². The molecule has 7 nitrogen and oxygen atoms in total. The Bertz CT molecular complexity index is 801. The average molecular weight is 374 g/mol. The van der Waals surface area contributed by atoms with Crippen molar-refractivity contribution in [3.8, 4) is 11.3 Å². The fourth-order valence-corrected chi connectivity index (χ4v) is 4.67. The zero-order valence-corrected chi connectivity index (χ0v) is 15.4. The molecule has 26 heavy (non-hydrogen) atoms. The molecule has 3 unspecified atom stereocenters. The SMILES string of the molecule is COC(=O)c1cc(-c2csc(NC(=O)C3CC4CCCCC4N3)n2)c[nH]1. The molecule has 138 valence electrons. The van der Waals surface area contributed by atoms with Crippen LogP contribution in [0.4, 0.5) is 5.13 Å². The Morgan fingerprint density at radius 1 is 1.35 bits per heavy atom. The molecular formula is C18H22N4O3S. The van der Waals surface area contributed by atoms with Crippen LogP contribution < -0.4 is 10.6 Å². The lowest BCUT2D eigenvalue weighted by Gasteiger charge is -2.24. The molecule has 1 aliphatic heterocycles. The standard InChI is InChI=1S/C18H22N4O3S/c1-25-17(24)14-7-11(8-19-14)15-9-26-18(21-15)22-16(23)13-6-10-4-2-3-5-12(10)20-13/h7-10,12-13,19-20H,2-6H2,1H3,(H,21,22,23). The predicted octanol–water partition coefficient (Wildman–Crippen LogP) is 2.78. The molecule has 0 bridgehead atoms. The van der Waals surface area contributed by atoms with Crippen molar-refractivity contribution < 1.29 is 14.3 Å². The number of anilines is 1. The fraction of sp³-hybridized carbons (Fsp3) is 0.500. The Balaban J connectivity index is 1.40. The Morgan fingerprint density at radius 2 is 2.19 bits per heavy atom. The summed E-state index contributed by atoms with van der Waals surface area (Å²) in [7, 11) is 1.34. The van der Waals surface area contributed by atoms with Gasteiger partial charge in [-0.3, -0.25) is 4.79 Å². The van der Waals surface area contributed by atoms with Crippen LogP contribution in [-0.4, -0.2) is 41.0 Å². The summed E-state index contributed by atoms with van der Waals surface area (Å²) in [5.41, 5.74) is 1.87. The number of amides is 1. The van der Waals surface area contributed by atoms with Gasteiger partial charge in [-0.2, -0.15) is 0 Å². The van der Waals surface area contributed by atoms with Crippen molar-refractivity contribution in [2.45, 2.75) is 44.2 Å². The van der Waals surface area contributed by atoms with Gasteiger partial charge in [0.1, 0.15) is 5.69 Å². The van der Waals surface area contributed by atoms with Crippen LogP contribution in [0.5, 0.6) is 0 Å². The third-order valence-electron chi connectivity index (χ3n) is 5.30. The summed E-state index contributed by atoms with van der Waals surface area (Å²) in [6.45, 7) is 0. The molecule has 3 N–H and O–H groups in total. The molecule has 0 spiro atoms. The number of esters is 1. The highest BCUT2D eigenvalue weighted by Gasteiger charge is 2.38. The van der Waals surface area contributed by atoms with Crippen LogP contribution in [0.25, 0.3) is 11.3 Å². The molecule has 3 atom stereocenters. The first kappa shape index (κ1) is 17.2. The van der Waals surface area contributed by atoms with E-state index in [-0.39, 0.29) is 11.9 Å². The molecule has 1 saturated carbocycles. The zero-order valence-electron chi connectivity index (χ0n) is 14.6. The third kappa shape index (κ3) is 3.39. The Morgan fingerprint density at radius 3 is 3.00 bits per heavy atom. The van der Waals surface area contributed by atoms with E-state index >= 15 is 0 Å². The molecule has 2 aromatic rings. The van der Waals surface area contributed by atoms with Crippen molar-refractivity contribution in [3.63, 3.8) is 0 Å². The van der Waals surface area contributed by atoms with Crippen LogP contribution >= 0.6 is 11.3 Å². The maximum absolute atomic E-state index is 12.6. The molecule has 0 radical (unpaired) electrons. The summed E-state index contributed by atoms with van der Waals surface area (Å²) >= 11 is 1.38. The number of carbonyl (C=O) groups is 2. The molecule has 2 aliphatic rings. The van der Waals surface area contributed by atoms with Crippen LogP contribution in [0.2, 0.25) is 0 Å². The molecule has 0 aromatic carbocycles. The number of H-pyrrole nitrogens is 1. The van der Waals surface area contributed by atoms with E-state index in [0.29, 0.717) is 28.5 Å². The number of rotatable bonds is 4. The van der Waals surface area contributed by atoms with Crippen LogP contribution in [0.1, 0.15) is 42.6 Å². The second kappa shape index (κ2) is 7.20. The topological polar surface area (TPSA) is 96.1 Å². The van der Waals surface area contributed by atoms with Crippen LogP contribution in [0.15, 0.2) is 17.6 Å². The molecule has 1 amide bonds. The van der Waals surface area contributed by atoms with E-state index in [1.54, 1.807) is 12.3 Å². The number of methoxy groups -OCH3 is 1. The van der Waals surface area contributed by atoms with Gasteiger partial charge < -0.3 is 20.4 Å². The number of hydrogen-bond acceptors (Lipinski definition) is 6. The van der Waals surface area contributed by atoms with Crippen LogP contribution in [-0.2, 0) is 9.53 Å². The molecule has 2 fully saturated rings. The van der Waals surface area contributed by atoms with Gasteiger partial charge in [0, 0.05) is 23.2 Å². The molecule has 4 rings (SSSR count). The minimum atomic E-state index is -0.422. The monoisotopic (exact) mass is 374 g/mol. The summed E-state index contributed by atoms with van der Waals surface area (Å²) in [6, 6.07) is 2.05. The summed E-state index contributed by atoms with van der Waals surface area (Å²) in [4.78, 5) is 31.4. The van der Waals surface area contributed by atoms with Gasteiger partial charge in [-0.25, -0.2) is 9.78 Å². The van der Waals surface area contributed by atoms with Gasteiger partial charge in [0.2, 0.25) is 5.91 Å². The van der Waals surface area contributed by atoms with Gasteiger partial charge in [0.05, 0.1) is 18.8 Å². The quantitative estimate of drug-likeness (QED) is 0.715. The van der Waals surface area contributed by atoms with E-state index in [1.807, 2.05) is 5.38 Å². The smallest absolute Gasteiger partial charge is 0.354 e. The minimum absolute atomic E-state index is 0.00961. The van der Waals surface area contributed by atoms with Crippen LogP contribution in [0.3, 0.4) is 0 Å². The number of ether oxygens (including phenoxy) is 1.